The third-order valence-corrected chi connectivity index (χ3v) is 8.58. The number of carbonyl (C=O) groups excluding carboxylic acids is 3. The highest BCUT2D eigenvalue weighted by Gasteiger charge is 2.64. The summed E-state index contributed by atoms with van der Waals surface area (Å²) in [5.41, 5.74) is 4.29. The fourth-order valence-electron chi connectivity index (χ4n) is 6.94. The normalized spacial score (nSPS) is 31.2. The first-order chi connectivity index (χ1) is 17.4. The Hall–Kier alpha value is -3.41. The number of primary amides is 1. The van der Waals surface area contributed by atoms with Crippen LogP contribution in [0.15, 0.2) is 23.0 Å². The Morgan fingerprint density at radius 1 is 1.24 bits per heavy atom. The second kappa shape index (κ2) is 8.30. The van der Waals surface area contributed by atoms with Crippen LogP contribution in [0.4, 0.5) is 5.69 Å². The van der Waals surface area contributed by atoms with E-state index in [2.05, 4.69) is 10.2 Å². The van der Waals surface area contributed by atoms with Gasteiger partial charge in [0.1, 0.15) is 22.8 Å². The molecule has 4 aliphatic rings. The first-order valence-electron chi connectivity index (χ1n) is 12.3. The number of aliphatic hydroxyl groups is 3. The summed E-state index contributed by atoms with van der Waals surface area (Å²) < 4.78 is 0. The lowest BCUT2D eigenvalue weighted by Crippen LogP contribution is -2.65. The second-order valence-electron chi connectivity index (χ2n) is 10.7. The maximum absolute atomic E-state index is 13.9. The van der Waals surface area contributed by atoms with E-state index >= 15 is 0 Å². The van der Waals surface area contributed by atoms with Crippen LogP contribution in [0, 0.1) is 11.8 Å². The van der Waals surface area contributed by atoms with Crippen molar-refractivity contribution in [2.75, 3.05) is 39.6 Å². The standard InChI is InChI=1S/C26H32N4O7/c1-28-14-5-6-30(4)19-11(14)9-15(31)17-12(19)7-10-8-13-20(29(2)3)22(33)18(25(27)36)24(35)26(13,37)23(34)16(10)21(17)32/h9-10,13-14,20,28,31-32,35,37H,5-8H2,1-4H3,(H2,27,36)/t10-,13-,14?,20+,26-/m0/s1. The van der Waals surface area contributed by atoms with Crippen LogP contribution >= 0.6 is 0 Å². The highest BCUT2D eigenvalue weighted by Crippen LogP contribution is 2.55. The molecule has 11 heteroatoms. The molecule has 1 amide bonds. The van der Waals surface area contributed by atoms with E-state index in [0.717, 1.165) is 24.2 Å². The molecule has 198 valence electrons. The lowest BCUT2D eigenvalue weighted by Gasteiger charge is -2.50. The fourth-order valence-corrected chi connectivity index (χ4v) is 6.94. The van der Waals surface area contributed by atoms with Crippen LogP contribution in [0.1, 0.15) is 35.6 Å². The molecule has 1 heterocycles. The van der Waals surface area contributed by atoms with Gasteiger partial charge in [0.25, 0.3) is 5.91 Å². The van der Waals surface area contributed by atoms with Crippen molar-refractivity contribution in [2.45, 2.75) is 36.9 Å². The van der Waals surface area contributed by atoms with Crippen LogP contribution in [0.2, 0.25) is 0 Å². The number of hydrogen-bond donors (Lipinski definition) is 6. The molecule has 37 heavy (non-hydrogen) atoms. The maximum Gasteiger partial charge on any atom is 0.255 e. The number of benzene rings is 1. The largest absolute Gasteiger partial charge is 0.508 e. The number of fused-ring (bicyclic) bond motifs is 5. The zero-order valence-corrected chi connectivity index (χ0v) is 21.2. The van der Waals surface area contributed by atoms with Crippen molar-refractivity contribution < 1.29 is 34.8 Å². The van der Waals surface area contributed by atoms with E-state index in [-0.39, 0.29) is 35.8 Å². The summed E-state index contributed by atoms with van der Waals surface area (Å²) in [6, 6.07) is 0.472. The molecule has 0 spiro atoms. The molecule has 1 unspecified atom stereocenters. The third-order valence-electron chi connectivity index (χ3n) is 8.58. The molecule has 7 N–H and O–H groups in total. The Kier molecular flexibility index (Phi) is 5.67. The maximum atomic E-state index is 13.9. The number of ketones is 2. The number of carbonyl (C=O) groups is 3. The van der Waals surface area contributed by atoms with Crippen LogP contribution in [0.25, 0.3) is 5.76 Å². The summed E-state index contributed by atoms with van der Waals surface area (Å²) in [7, 11) is 6.93. The van der Waals surface area contributed by atoms with Crippen molar-refractivity contribution in [1.29, 1.82) is 0 Å². The van der Waals surface area contributed by atoms with Crippen molar-refractivity contribution in [2.24, 2.45) is 17.6 Å². The molecular weight excluding hydrogens is 480 g/mol. The first-order valence-corrected chi connectivity index (χ1v) is 12.3. The molecule has 1 aliphatic heterocycles. The van der Waals surface area contributed by atoms with Gasteiger partial charge in [-0.05, 0) is 63.5 Å². The van der Waals surface area contributed by atoms with Crippen molar-refractivity contribution >= 4 is 28.9 Å². The summed E-state index contributed by atoms with van der Waals surface area (Å²) in [4.78, 5) is 42.7. The van der Waals surface area contributed by atoms with Gasteiger partial charge in [-0.1, -0.05) is 0 Å². The lowest BCUT2D eigenvalue weighted by atomic mass is 9.57. The van der Waals surface area contributed by atoms with Crippen molar-refractivity contribution in [1.82, 2.24) is 10.2 Å². The van der Waals surface area contributed by atoms with Gasteiger partial charge in [-0.3, -0.25) is 19.3 Å². The molecule has 1 saturated carbocycles. The Labute approximate surface area is 213 Å². The van der Waals surface area contributed by atoms with Crippen LogP contribution < -0.4 is 16.0 Å². The van der Waals surface area contributed by atoms with E-state index in [9.17, 15) is 34.8 Å². The first kappa shape index (κ1) is 25.2. The number of nitrogens with one attached hydrogen (secondary N) is 1. The van der Waals surface area contributed by atoms with Crippen molar-refractivity contribution in [3.05, 3.63) is 39.7 Å². The van der Waals surface area contributed by atoms with E-state index in [4.69, 9.17) is 5.73 Å². The molecule has 11 nitrogen and oxygen atoms in total. The summed E-state index contributed by atoms with van der Waals surface area (Å²) in [5, 5.41) is 48.2. The van der Waals surface area contributed by atoms with Crippen molar-refractivity contribution in [3.63, 3.8) is 0 Å². The van der Waals surface area contributed by atoms with Gasteiger partial charge < -0.3 is 36.4 Å². The quantitative estimate of drug-likeness (QED) is 0.304. The Balaban J connectivity index is 1.75. The molecule has 3 aliphatic carbocycles. The lowest BCUT2D eigenvalue weighted by molar-refractivity contribution is -0.153. The van der Waals surface area contributed by atoms with Gasteiger partial charge in [-0.2, -0.15) is 0 Å². The van der Waals surface area contributed by atoms with Crippen LogP contribution in [-0.2, 0) is 20.8 Å². The molecule has 0 radical (unpaired) electrons. The number of Topliss-reactive ketones (excluding diaryl/α,β-unsaturated/α-hetero) is 2. The van der Waals surface area contributed by atoms with Crippen molar-refractivity contribution in [3.8, 4) is 5.75 Å². The monoisotopic (exact) mass is 512 g/mol. The van der Waals surface area contributed by atoms with Crippen LogP contribution in [0.3, 0.4) is 0 Å². The molecule has 0 bridgehead atoms. The number of nitrogens with zero attached hydrogens (tertiary/aromatic N) is 2. The molecule has 0 aromatic heterocycles. The number of phenols is 1. The minimum absolute atomic E-state index is 0.00334. The molecular formula is C26H32N4O7. The molecule has 1 aromatic rings. The van der Waals surface area contributed by atoms with Crippen LogP contribution in [0.5, 0.6) is 5.75 Å². The summed E-state index contributed by atoms with van der Waals surface area (Å²) >= 11 is 0. The number of nitrogens with two attached hydrogens (primary N) is 1. The number of rotatable bonds is 3. The number of anilines is 1. The van der Waals surface area contributed by atoms with Gasteiger partial charge in [0.2, 0.25) is 5.78 Å². The molecule has 1 fully saturated rings. The average Bonchev–Trinajstić information content (AvgIpc) is 2.81. The second-order valence-corrected chi connectivity index (χ2v) is 10.7. The van der Waals surface area contributed by atoms with Crippen LogP contribution in [-0.4, -0.2) is 89.2 Å². The molecule has 1 aromatic carbocycles. The third kappa shape index (κ3) is 3.20. The van der Waals surface area contributed by atoms with E-state index in [0.29, 0.717) is 5.56 Å². The molecule has 0 saturated heterocycles. The number of likely N-dealkylation sites (N-methyl/N-ethyl adjacent to an activating group) is 1. The average molecular weight is 513 g/mol. The highest BCUT2D eigenvalue weighted by atomic mass is 16.3. The minimum atomic E-state index is -2.64. The molecule has 5 rings (SSSR count). The summed E-state index contributed by atoms with van der Waals surface area (Å²) in [6.07, 6.45) is 1.16. The van der Waals surface area contributed by atoms with E-state index in [1.165, 1.54) is 4.90 Å². The predicted molar refractivity (Wildman–Crippen MR) is 134 cm³/mol. The zero-order chi connectivity index (χ0) is 27.1. The van der Waals surface area contributed by atoms with Gasteiger partial charge in [0.15, 0.2) is 11.4 Å². The number of phenolic OH excluding ortho intramolecular Hbond substituents is 1. The van der Waals surface area contributed by atoms with E-state index < -0.39 is 58.0 Å². The topological polar surface area (TPSA) is 177 Å². The molecule has 5 atom stereocenters. The Bertz CT molecular complexity index is 1320. The number of hydrogen-bond acceptors (Lipinski definition) is 10. The highest BCUT2D eigenvalue weighted by molar-refractivity contribution is 6.24. The van der Waals surface area contributed by atoms with E-state index in [1.54, 1.807) is 20.2 Å². The number of aromatic hydroxyl groups is 1. The number of amides is 1. The van der Waals surface area contributed by atoms with Gasteiger partial charge in [-0.25, -0.2) is 0 Å². The smallest absolute Gasteiger partial charge is 0.255 e. The summed E-state index contributed by atoms with van der Waals surface area (Å²) in [5.74, 6) is -6.48. The summed E-state index contributed by atoms with van der Waals surface area (Å²) in [6.45, 7) is 0.741. The Morgan fingerprint density at radius 2 is 1.92 bits per heavy atom. The van der Waals surface area contributed by atoms with Gasteiger partial charge in [0, 0.05) is 36.8 Å². The SMILES string of the molecule is CNC1CCN(C)c2c1cc(O)c1c2C[C@H]2C[C@H]3[C@@H](N(C)C)C(=O)C(C(N)=O)=C(O)[C@@]3(O)C(=O)C2=C1O. The fraction of sp³-hybridized carbons (Fsp3) is 0.500. The minimum Gasteiger partial charge on any atom is -0.508 e. The van der Waals surface area contributed by atoms with Gasteiger partial charge in [-0.15, -0.1) is 0 Å². The zero-order valence-electron chi connectivity index (χ0n) is 21.2. The van der Waals surface area contributed by atoms with Gasteiger partial charge >= 0.3 is 0 Å². The predicted octanol–water partition coefficient (Wildman–Crippen LogP) is 0.0644. The number of aliphatic hydroxyl groups excluding tert-OH is 2. The Morgan fingerprint density at radius 3 is 2.51 bits per heavy atom. The van der Waals surface area contributed by atoms with E-state index in [1.807, 2.05) is 14.1 Å². The van der Waals surface area contributed by atoms with Gasteiger partial charge in [0.05, 0.1) is 11.6 Å².